The Morgan fingerprint density at radius 1 is 1.53 bits per heavy atom. The highest BCUT2D eigenvalue weighted by Crippen LogP contribution is 2.44. The summed E-state index contributed by atoms with van der Waals surface area (Å²) >= 11 is 0. The fourth-order valence-corrected chi connectivity index (χ4v) is 2.69. The molecule has 0 atom stereocenters. The molecule has 2 N–H and O–H groups in total. The Labute approximate surface area is 113 Å². The maximum absolute atomic E-state index is 10.9. The van der Waals surface area contributed by atoms with Crippen LogP contribution in [0.15, 0.2) is 18.2 Å². The molecule has 0 radical (unpaired) electrons. The molecule has 2 rings (SSSR count). The molecule has 0 saturated heterocycles. The smallest absolute Gasteiger partial charge is 0.303 e. The molecule has 4 heteroatoms. The standard InChI is InChI=1S/C15H18N2O2/c1-11-4-2-5-12(9-16)14(11)17-10-15(6-3-7-15)8-13(18)19/h2,4-5,17H,3,6-8,10H2,1H3,(H,18,19). The van der Waals surface area contributed by atoms with Gasteiger partial charge < -0.3 is 10.4 Å². The van der Waals surface area contributed by atoms with Gasteiger partial charge in [0.15, 0.2) is 0 Å². The Hall–Kier alpha value is -2.02. The molecule has 1 aromatic carbocycles. The number of carbonyl (C=O) groups is 1. The second-order valence-electron chi connectivity index (χ2n) is 5.39. The fraction of sp³-hybridized carbons (Fsp3) is 0.467. The molecular formula is C15H18N2O2. The molecule has 0 heterocycles. The van der Waals surface area contributed by atoms with Crippen LogP contribution in [0.5, 0.6) is 0 Å². The largest absolute Gasteiger partial charge is 0.481 e. The minimum absolute atomic E-state index is 0.138. The lowest BCUT2D eigenvalue weighted by Crippen LogP contribution is -2.38. The molecule has 4 nitrogen and oxygen atoms in total. The maximum Gasteiger partial charge on any atom is 0.303 e. The number of nitrogens with zero attached hydrogens (tertiary/aromatic N) is 1. The van der Waals surface area contributed by atoms with Gasteiger partial charge in [-0.2, -0.15) is 5.26 Å². The maximum atomic E-state index is 10.9. The highest BCUT2D eigenvalue weighted by atomic mass is 16.4. The number of anilines is 1. The first-order valence-corrected chi connectivity index (χ1v) is 6.52. The summed E-state index contributed by atoms with van der Waals surface area (Å²) in [5.41, 5.74) is 2.33. The molecule has 19 heavy (non-hydrogen) atoms. The molecule has 1 fully saturated rings. The van der Waals surface area contributed by atoms with Gasteiger partial charge in [0.05, 0.1) is 17.7 Å². The lowest BCUT2D eigenvalue weighted by Gasteiger charge is -2.41. The average Bonchev–Trinajstić information content (AvgIpc) is 2.33. The Balaban J connectivity index is 2.10. The third-order valence-electron chi connectivity index (χ3n) is 3.97. The summed E-state index contributed by atoms with van der Waals surface area (Å²) in [4.78, 5) is 10.9. The molecule has 0 unspecified atom stereocenters. The van der Waals surface area contributed by atoms with Crippen molar-refractivity contribution in [2.75, 3.05) is 11.9 Å². The van der Waals surface area contributed by atoms with Crippen LogP contribution in [-0.2, 0) is 4.79 Å². The number of carboxylic acids is 1. The van der Waals surface area contributed by atoms with E-state index in [0.29, 0.717) is 12.1 Å². The zero-order chi connectivity index (χ0) is 13.9. The van der Waals surface area contributed by atoms with Gasteiger partial charge in [0.2, 0.25) is 0 Å². The number of benzene rings is 1. The predicted molar refractivity (Wildman–Crippen MR) is 72.9 cm³/mol. The Bertz CT molecular complexity index is 527. The van der Waals surface area contributed by atoms with Gasteiger partial charge >= 0.3 is 5.97 Å². The van der Waals surface area contributed by atoms with Crippen LogP contribution in [0.1, 0.15) is 36.8 Å². The van der Waals surface area contributed by atoms with Crippen molar-refractivity contribution in [1.82, 2.24) is 0 Å². The van der Waals surface area contributed by atoms with E-state index in [9.17, 15) is 4.79 Å². The van der Waals surface area contributed by atoms with Gasteiger partial charge in [0, 0.05) is 6.54 Å². The monoisotopic (exact) mass is 258 g/mol. The molecule has 100 valence electrons. The van der Waals surface area contributed by atoms with Crippen molar-refractivity contribution in [2.24, 2.45) is 5.41 Å². The van der Waals surface area contributed by atoms with Crippen LogP contribution < -0.4 is 5.32 Å². The van der Waals surface area contributed by atoms with Gasteiger partial charge in [-0.25, -0.2) is 0 Å². The number of nitrogens with one attached hydrogen (secondary N) is 1. The van der Waals surface area contributed by atoms with Gasteiger partial charge in [-0.3, -0.25) is 4.79 Å². The molecular weight excluding hydrogens is 240 g/mol. The van der Waals surface area contributed by atoms with Crippen molar-refractivity contribution in [1.29, 1.82) is 5.26 Å². The highest BCUT2D eigenvalue weighted by molar-refractivity contribution is 5.68. The van der Waals surface area contributed by atoms with Crippen molar-refractivity contribution < 1.29 is 9.90 Å². The molecule has 1 aliphatic rings. The van der Waals surface area contributed by atoms with E-state index in [-0.39, 0.29) is 11.8 Å². The van der Waals surface area contributed by atoms with E-state index in [1.165, 1.54) is 0 Å². The number of aliphatic carboxylic acids is 1. The lowest BCUT2D eigenvalue weighted by atomic mass is 9.66. The van der Waals surface area contributed by atoms with E-state index in [1.807, 2.05) is 19.1 Å². The van der Waals surface area contributed by atoms with Gasteiger partial charge in [0.1, 0.15) is 6.07 Å². The van der Waals surface area contributed by atoms with Crippen molar-refractivity contribution in [3.05, 3.63) is 29.3 Å². The molecule has 0 bridgehead atoms. The van der Waals surface area contributed by atoms with E-state index in [1.54, 1.807) is 6.07 Å². The number of rotatable bonds is 5. The minimum Gasteiger partial charge on any atom is -0.481 e. The average molecular weight is 258 g/mol. The second-order valence-corrected chi connectivity index (χ2v) is 5.39. The third-order valence-corrected chi connectivity index (χ3v) is 3.97. The van der Waals surface area contributed by atoms with E-state index in [2.05, 4.69) is 11.4 Å². The van der Waals surface area contributed by atoms with Crippen molar-refractivity contribution in [3.63, 3.8) is 0 Å². The molecule has 1 aromatic rings. The van der Waals surface area contributed by atoms with Crippen LogP contribution in [0.25, 0.3) is 0 Å². The summed E-state index contributed by atoms with van der Waals surface area (Å²) in [5, 5.41) is 21.4. The molecule has 1 aliphatic carbocycles. The Morgan fingerprint density at radius 2 is 2.26 bits per heavy atom. The minimum atomic E-state index is -0.744. The lowest BCUT2D eigenvalue weighted by molar-refractivity contribution is -0.141. The number of aryl methyl sites for hydroxylation is 1. The first-order chi connectivity index (χ1) is 9.06. The van der Waals surface area contributed by atoms with E-state index < -0.39 is 5.97 Å². The fourth-order valence-electron chi connectivity index (χ4n) is 2.69. The van der Waals surface area contributed by atoms with Gasteiger partial charge in [0.25, 0.3) is 0 Å². The normalized spacial score (nSPS) is 16.2. The summed E-state index contributed by atoms with van der Waals surface area (Å²) in [6, 6.07) is 7.76. The van der Waals surface area contributed by atoms with E-state index in [0.717, 1.165) is 30.5 Å². The van der Waals surface area contributed by atoms with Crippen LogP contribution in [0.2, 0.25) is 0 Å². The summed E-state index contributed by atoms with van der Waals surface area (Å²) in [7, 11) is 0. The number of carboxylic acid groups (broad SMARTS) is 1. The summed E-state index contributed by atoms with van der Waals surface area (Å²) in [5.74, 6) is -0.744. The third kappa shape index (κ3) is 2.87. The van der Waals surface area contributed by atoms with Gasteiger partial charge in [-0.1, -0.05) is 18.6 Å². The molecule has 0 aliphatic heterocycles. The zero-order valence-corrected chi connectivity index (χ0v) is 11.1. The molecule has 0 aromatic heterocycles. The Kier molecular flexibility index (Phi) is 3.75. The van der Waals surface area contributed by atoms with E-state index >= 15 is 0 Å². The van der Waals surface area contributed by atoms with Gasteiger partial charge in [-0.05, 0) is 36.8 Å². The SMILES string of the molecule is Cc1cccc(C#N)c1NCC1(CC(=O)O)CCC1. The zero-order valence-electron chi connectivity index (χ0n) is 11.1. The number of para-hydroxylation sites is 1. The Morgan fingerprint density at radius 3 is 2.79 bits per heavy atom. The van der Waals surface area contributed by atoms with Crippen LogP contribution in [-0.4, -0.2) is 17.6 Å². The van der Waals surface area contributed by atoms with Gasteiger partial charge in [-0.15, -0.1) is 0 Å². The quantitative estimate of drug-likeness (QED) is 0.851. The van der Waals surface area contributed by atoms with Crippen molar-refractivity contribution >= 4 is 11.7 Å². The second kappa shape index (κ2) is 5.31. The van der Waals surface area contributed by atoms with Crippen LogP contribution in [0, 0.1) is 23.7 Å². The first-order valence-electron chi connectivity index (χ1n) is 6.52. The molecule has 0 amide bonds. The molecule has 1 saturated carbocycles. The first kappa shape index (κ1) is 13.4. The topological polar surface area (TPSA) is 73.1 Å². The predicted octanol–water partition coefficient (Wildman–Crippen LogP) is 2.92. The van der Waals surface area contributed by atoms with E-state index in [4.69, 9.17) is 10.4 Å². The van der Waals surface area contributed by atoms with Crippen LogP contribution in [0.4, 0.5) is 5.69 Å². The highest BCUT2D eigenvalue weighted by Gasteiger charge is 2.38. The number of hydrogen-bond donors (Lipinski definition) is 2. The van der Waals surface area contributed by atoms with Crippen molar-refractivity contribution in [3.8, 4) is 6.07 Å². The van der Waals surface area contributed by atoms with Crippen LogP contribution >= 0.6 is 0 Å². The number of nitriles is 1. The number of hydrogen-bond acceptors (Lipinski definition) is 3. The summed E-state index contributed by atoms with van der Waals surface area (Å²) in [6.45, 7) is 2.58. The van der Waals surface area contributed by atoms with Crippen molar-refractivity contribution in [2.45, 2.75) is 32.6 Å². The van der Waals surface area contributed by atoms with Crippen LogP contribution in [0.3, 0.4) is 0 Å². The summed E-state index contributed by atoms with van der Waals surface area (Å²) < 4.78 is 0. The summed E-state index contributed by atoms with van der Waals surface area (Å²) in [6.07, 6.45) is 3.18. The molecule has 0 spiro atoms.